The number of hydrogen-bond donors (Lipinski definition) is 1. The second-order valence-electron chi connectivity index (χ2n) is 5.56. The van der Waals surface area contributed by atoms with Crippen molar-refractivity contribution in [1.29, 1.82) is 0 Å². The van der Waals surface area contributed by atoms with Crippen LogP contribution in [-0.4, -0.2) is 36.0 Å². The number of amidine groups is 1. The number of allylic oxidation sites excluding steroid dienone is 1. The minimum Gasteiger partial charge on any atom is -0.463 e. The van der Waals surface area contributed by atoms with Gasteiger partial charge in [0, 0.05) is 11.8 Å². The zero-order valence-corrected chi connectivity index (χ0v) is 15.3. The Labute approximate surface area is 152 Å². The van der Waals surface area contributed by atoms with E-state index in [4.69, 9.17) is 4.74 Å². The van der Waals surface area contributed by atoms with Gasteiger partial charge in [0.2, 0.25) is 0 Å². The van der Waals surface area contributed by atoms with Crippen molar-refractivity contribution in [3.63, 3.8) is 0 Å². The number of aldehydes is 1. The molecule has 1 N–H and O–H groups in total. The summed E-state index contributed by atoms with van der Waals surface area (Å²) in [6.07, 6.45) is 5.72. The number of nitrogens with one attached hydrogen (secondary N) is 1. The fourth-order valence-corrected chi connectivity index (χ4v) is 2.28. The van der Waals surface area contributed by atoms with Gasteiger partial charge < -0.3 is 4.74 Å². The lowest BCUT2D eigenvalue weighted by Crippen LogP contribution is -2.39. The van der Waals surface area contributed by atoms with Crippen LogP contribution in [0.3, 0.4) is 0 Å². The van der Waals surface area contributed by atoms with E-state index in [0.717, 1.165) is 11.8 Å². The van der Waals surface area contributed by atoms with E-state index in [9.17, 15) is 9.59 Å². The largest absolute Gasteiger partial charge is 0.463 e. The van der Waals surface area contributed by atoms with Gasteiger partial charge in [0.15, 0.2) is 5.84 Å². The van der Waals surface area contributed by atoms with Gasteiger partial charge in [-0.2, -0.15) is 0 Å². The molecule has 1 aromatic rings. The first-order valence-electron chi connectivity index (χ1n) is 8.24. The zero-order valence-electron chi connectivity index (χ0n) is 15.3. The first kappa shape index (κ1) is 19.1. The fraction of sp³-hybridized carbons (Fsp3) is 0.263. The summed E-state index contributed by atoms with van der Waals surface area (Å²) in [5, 5.41) is 1.65. The molecule has 0 fully saturated rings. The Hall–Kier alpha value is -3.22. The quantitative estimate of drug-likeness (QED) is 0.499. The highest BCUT2D eigenvalue weighted by Crippen LogP contribution is 2.22. The van der Waals surface area contributed by atoms with E-state index < -0.39 is 0 Å². The smallest absolute Gasteiger partial charge is 0.335 e. The molecular formula is C19H22N4O3. The third-order valence-corrected chi connectivity index (χ3v) is 3.66. The summed E-state index contributed by atoms with van der Waals surface area (Å²) in [6.45, 7) is 7.51. The number of ether oxygens (including phenoxy) is 1. The van der Waals surface area contributed by atoms with Crippen LogP contribution in [0.4, 0.5) is 5.69 Å². The van der Waals surface area contributed by atoms with E-state index in [1.807, 2.05) is 26.0 Å². The molecule has 0 bridgehead atoms. The molecule has 1 aliphatic heterocycles. The number of hydrazine groups is 1. The van der Waals surface area contributed by atoms with Crippen LogP contribution >= 0.6 is 0 Å². The number of hydrogen-bond acceptors (Lipinski definition) is 6. The number of esters is 1. The standard InChI is InChI=1S/C19H22N4O3/c1-5-17-18(22-16-9-15(11-24)8-7-13(16)3)20-12-21-23(17)10-14(4)19(25)26-6-2/h5,7-12H,6H2,1-4H3,(H,20,21,22)/b14-10+,17-5+. The molecule has 0 amide bonds. The predicted octanol–water partition coefficient (Wildman–Crippen LogP) is 3.06. The van der Waals surface area contributed by atoms with Gasteiger partial charge in [-0.25, -0.2) is 14.8 Å². The number of carbonyl (C=O) groups is 2. The first-order chi connectivity index (χ1) is 12.5. The SMILES string of the molecule is C/C=C1\C(=Nc2cc(C=O)ccc2C)N=CNN1/C=C(\C)C(=O)OCC. The van der Waals surface area contributed by atoms with Gasteiger partial charge in [0.05, 0.1) is 17.9 Å². The van der Waals surface area contributed by atoms with Gasteiger partial charge in [-0.3, -0.25) is 15.2 Å². The van der Waals surface area contributed by atoms with Gasteiger partial charge in [-0.05, 0) is 39.3 Å². The van der Waals surface area contributed by atoms with Crippen LogP contribution in [0.5, 0.6) is 0 Å². The highest BCUT2D eigenvalue weighted by atomic mass is 16.5. The summed E-state index contributed by atoms with van der Waals surface area (Å²) in [7, 11) is 0. The van der Waals surface area contributed by atoms with E-state index in [2.05, 4.69) is 15.4 Å². The lowest BCUT2D eigenvalue weighted by atomic mass is 10.1. The first-order valence-corrected chi connectivity index (χ1v) is 8.24. The van der Waals surface area contributed by atoms with E-state index in [1.165, 1.54) is 6.34 Å². The summed E-state index contributed by atoms with van der Waals surface area (Å²) >= 11 is 0. The molecule has 0 radical (unpaired) electrons. The fourth-order valence-electron chi connectivity index (χ4n) is 2.28. The molecular weight excluding hydrogens is 332 g/mol. The molecule has 0 aromatic heterocycles. The molecule has 1 aliphatic rings. The van der Waals surface area contributed by atoms with Crippen LogP contribution in [0.15, 0.2) is 51.7 Å². The maximum atomic E-state index is 11.8. The zero-order chi connectivity index (χ0) is 19.1. The second-order valence-corrected chi connectivity index (χ2v) is 5.56. The molecule has 0 spiro atoms. The normalized spacial score (nSPS) is 17.4. The molecule has 26 heavy (non-hydrogen) atoms. The van der Waals surface area contributed by atoms with Crippen molar-refractivity contribution in [2.45, 2.75) is 27.7 Å². The van der Waals surface area contributed by atoms with Crippen molar-refractivity contribution < 1.29 is 14.3 Å². The van der Waals surface area contributed by atoms with Crippen molar-refractivity contribution in [1.82, 2.24) is 10.4 Å². The third-order valence-electron chi connectivity index (χ3n) is 3.66. The van der Waals surface area contributed by atoms with Crippen LogP contribution in [0.1, 0.15) is 36.7 Å². The Morgan fingerprint density at radius 1 is 1.42 bits per heavy atom. The van der Waals surface area contributed by atoms with E-state index >= 15 is 0 Å². The van der Waals surface area contributed by atoms with Crippen molar-refractivity contribution in [2.24, 2.45) is 9.98 Å². The second kappa shape index (κ2) is 8.75. The molecule has 1 heterocycles. The number of benzene rings is 1. The maximum absolute atomic E-state index is 11.8. The molecule has 7 heteroatoms. The Morgan fingerprint density at radius 3 is 2.85 bits per heavy atom. The Bertz CT molecular complexity index is 822. The summed E-state index contributed by atoms with van der Waals surface area (Å²) in [6, 6.07) is 5.29. The summed E-state index contributed by atoms with van der Waals surface area (Å²) in [5.74, 6) is 0.0746. The molecule has 0 unspecified atom stereocenters. The summed E-state index contributed by atoms with van der Waals surface area (Å²) < 4.78 is 5.00. The minimum absolute atomic E-state index is 0.314. The third kappa shape index (κ3) is 4.44. The number of nitrogens with zero attached hydrogens (tertiary/aromatic N) is 3. The number of carbonyl (C=O) groups excluding carboxylic acids is 2. The van der Waals surface area contributed by atoms with Crippen LogP contribution in [-0.2, 0) is 9.53 Å². The minimum atomic E-state index is -0.389. The van der Waals surface area contributed by atoms with Gasteiger partial charge in [-0.15, -0.1) is 0 Å². The van der Waals surface area contributed by atoms with Gasteiger partial charge in [-0.1, -0.05) is 18.2 Å². The van der Waals surface area contributed by atoms with Crippen molar-refractivity contribution in [3.8, 4) is 0 Å². The average molecular weight is 354 g/mol. The maximum Gasteiger partial charge on any atom is 0.335 e. The lowest BCUT2D eigenvalue weighted by Gasteiger charge is -2.26. The van der Waals surface area contributed by atoms with Crippen LogP contribution in [0, 0.1) is 6.92 Å². The molecule has 2 rings (SSSR count). The van der Waals surface area contributed by atoms with Crippen molar-refractivity contribution in [2.75, 3.05) is 6.61 Å². The lowest BCUT2D eigenvalue weighted by molar-refractivity contribution is -0.138. The van der Waals surface area contributed by atoms with Gasteiger partial charge in [0.25, 0.3) is 0 Å². The molecule has 1 aromatic carbocycles. The number of rotatable bonds is 5. The molecule has 136 valence electrons. The average Bonchev–Trinajstić information content (AvgIpc) is 2.64. The highest BCUT2D eigenvalue weighted by Gasteiger charge is 2.18. The van der Waals surface area contributed by atoms with Gasteiger partial charge in [0.1, 0.15) is 18.3 Å². The predicted molar refractivity (Wildman–Crippen MR) is 101 cm³/mol. The molecule has 0 atom stereocenters. The Balaban J connectivity index is 2.38. The summed E-state index contributed by atoms with van der Waals surface area (Å²) in [4.78, 5) is 31.7. The topological polar surface area (TPSA) is 83.4 Å². The highest BCUT2D eigenvalue weighted by molar-refractivity contribution is 6.05. The molecule has 7 nitrogen and oxygen atoms in total. The number of aliphatic imine (C=N–C) groups is 2. The Kier molecular flexibility index (Phi) is 6.43. The van der Waals surface area contributed by atoms with Gasteiger partial charge >= 0.3 is 5.97 Å². The molecule has 0 saturated carbocycles. The molecule has 0 aliphatic carbocycles. The Morgan fingerprint density at radius 2 is 2.19 bits per heavy atom. The summed E-state index contributed by atoms with van der Waals surface area (Å²) in [5.41, 5.74) is 6.20. The molecule has 0 saturated heterocycles. The van der Waals surface area contributed by atoms with Crippen molar-refractivity contribution in [3.05, 3.63) is 52.9 Å². The van der Waals surface area contributed by atoms with Crippen LogP contribution < -0.4 is 5.43 Å². The van der Waals surface area contributed by atoms with Crippen LogP contribution in [0.2, 0.25) is 0 Å². The monoisotopic (exact) mass is 354 g/mol. The number of aryl methyl sites for hydroxylation is 1. The van der Waals surface area contributed by atoms with E-state index in [0.29, 0.717) is 35.0 Å². The van der Waals surface area contributed by atoms with Crippen molar-refractivity contribution >= 4 is 30.1 Å². The van der Waals surface area contributed by atoms with E-state index in [1.54, 1.807) is 37.2 Å². The van der Waals surface area contributed by atoms with E-state index in [-0.39, 0.29) is 5.97 Å². The van der Waals surface area contributed by atoms with Crippen LogP contribution in [0.25, 0.3) is 0 Å².